The van der Waals surface area contributed by atoms with E-state index in [0.29, 0.717) is 5.69 Å². The molecule has 0 radical (unpaired) electrons. The van der Waals surface area contributed by atoms with Crippen LogP contribution in [0.3, 0.4) is 0 Å². The molecule has 0 bridgehead atoms. The number of rotatable bonds is 10. The van der Waals surface area contributed by atoms with Gasteiger partial charge in [0, 0.05) is 37.8 Å². The van der Waals surface area contributed by atoms with Crippen LogP contribution in [-0.2, 0) is 0 Å². The van der Waals surface area contributed by atoms with E-state index in [4.69, 9.17) is 11.6 Å². The molecule has 0 heterocycles. The highest BCUT2D eigenvalue weighted by Gasteiger charge is 2.24. The van der Waals surface area contributed by atoms with Gasteiger partial charge in [-0.05, 0) is 19.1 Å². The number of aliphatic hydroxyl groups excluding tert-OH is 1. The fourth-order valence-electron chi connectivity index (χ4n) is 2.75. The zero-order chi connectivity index (χ0) is 22.4. The zero-order valence-corrected chi connectivity index (χ0v) is 16.5. The third kappa shape index (κ3) is 5.75. The van der Waals surface area contributed by atoms with Crippen molar-refractivity contribution in [3.63, 3.8) is 0 Å². The van der Waals surface area contributed by atoms with Gasteiger partial charge in [-0.15, -0.1) is 0 Å². The maximum absolute atomic E-state index is 11.4. The van der Waals surface area contributed by atoms with Crippen LogP contribution >= 0.6 is 11.6 Å². The van der Waals surface area contributed by atoms with Crippen molar-refractivity contribution in [3.8, 4) is 0 Å². The average molecular weight is 440 g/mol. The van der Waals surface area contributed by atoms with Gasteiger partial charge in [-0.3, -0.25) is 30.3 Å². The summed E-state index contributed by atoms with van der Waals surface area (Å²) in [5.41, 5.74) is -0.500. The molecule has 0 aliphatic carbocycles. The summed E-state index contributed by atoms with van der Waals surface area (Å²) < 4.78 is 0. The van der Waals surface area contributed by atoms with Crippen molar-refractivity contribution in [2.45, 2.75) is 13.0 Å². The van der Waals surface area contributed by atoms with Gasteiger partial charge >= 0.3 is 0 Å². The second-order valence-corrected chi connectivity index (χ2v) is 6.74. The van der Waals surface area contributed by atoms with Crippen molar-refractivity contribution in [3.05, 3.63) is 71.8 Å². The summed E-state index contributed by atoms with van der Waals surface area (Å²) in [6.07, 6.45) is -0.831. The second-order valence-electron chi connectivity index (χ2n) is 6.33. The third-order valence-electron chi connectivity index (χ3n) is 4.05. The zero-order valence-electron chi connectivity index (χ0n) is 15.7. The predicted molar refractivity (Wildman–Crippen MR) is 110 cm³/mol. The Morgan fingerprint density at radius 1 is 1.03 bits per heavy atom. The molecule has 1 atom stereocenters. The lowest BCUT2D eigenvalue weighted by Crippen LogP contribution is -2.35. The highest BCUT2D eigenvalue weighted by atomic mass is 35.5. The predicted octanol–water partition coefficient (Wildman–Crippen LogP) is 3.36. The number of aliphatic hydroxyl groups is 1. The van der Waals surface area contributed by atoms with Crippen LogP contribution in [0.25, 0.3) is 0 Å². The van der Waals surface area contributed by atoms with Crippen molar-refractivity contribution in [2.24, 2.45) is 0 Å². The smallest absolute Gasteiger partial charge is 0.299 e. The lowest BCUT2D eigenvalue weighted by atomic mass is 10.2. The molecular formula is C17H18ClN5O7. The minimum atomic E-state index is -0.831. The number of nitrogens with one attached hydrogen (secondary N) is 1. The first-order valence-corrected chi connectivity index (χ1v) is 9.01. The maximum atomic E-state index is 11.4. The Kier molecular flexibility index (Phi) is 7.44. The van der Waals surface area contributed by atoms with Crippen LogP contribution in [0.15, 0.2) is 36.4 Å². The van der Waals surface area contributed by atoms with Crippen LogP contribution in [0.1, 0.15) is 6.92 Å². The van der Waals surface area contributed by atoms with E-state index in [1.807, 2.05) is 0 Å². The van der Waals surface area contributed by atoms with Crippen LogP contribution in [0.5, 0.6) is 0 Å². The molecule has 2 N–H and O–H groups in total. The molecule has 2 aromatic carbocycles. The first kappa shape index (κ1) is 22.8. The van der Waals surface area contributed by atoms with Crippen molar-refractivity contribution < 1.29 is 19.9 Å². The van der Waals surface area contributed by atoms with Gasteiger partial charge in [0.1, 0.15) is 5.69 Å². The normalized spacial score (nSPS) is 11.6. The molecule has 0 saturated heterocycles. The Morgan fingerprint density at radius 3 is 2.17 bits per heavy atom. The molecule has 0 fully saturated rings. The molecule has 2 aromatic rings. The number of benzene rings is 2. The molecule has 0 aromatic heterocycles. The molecule has 0 aliphatic rings. The van der Waals surface area contributed by atoms with Crippen LogP contribution < -0.4 is 10.2 Å². The number of nitrogens with zero attached hydrogens (tertiary/aromatic N) is 4. The van der Waals surface area contributed by atoms with Crippen molar-refractivity contribution in [1.82, 2.24) is 0 Å². The minimum Gasteiger partial charge on any atom is -0.392 e. The maximum Gasteiger partial charge on any atom is 0.299 e. The number of halogens is 1. The Hall–Kier alpha value is -3.51. The quantitative estimate of drug-likeness (QED) is 0.416. The van der Waals surface area contributed by atoms with Gasteiger partial charge in [-0.1, -0.05) is 11.6 Å². The van der Waals surface area contributed by atoms with Gasteiger partial charge in [-0.2, -0.15) is 0 Å². The van der Waals surface area contributed by atoms with E-state index in [0.717, 1.165) is 12.1 Å². The highest BCUT2D eigenvalue weighted by molar-refractivity contribution is 6.33. The summed E-state index contributed by atoms with van der Waals surface area (Å²) in [6.45, 7) is 1.94. The summed E-state index contributed by atoms with van der Waals surface area (Å²) in [5, 5.41) is 46.0. The Bertz CT molecular complexity index is 970. The standard InChI is InChI=1S/C17H18ClN5O7/c1-11(24)10-20(16-5-3-13(22(27)28)9-17(16)23(29)30)7-6-19-15-4-2-12(21(25)26)8-14(15)18/h2-5,8-9,11,19,24H,6-7,10H2,1H3. The molecule has 0 spiro atoms. The van der Waals surface area contributed by atoms with Crippen LogP contribution in [-0.4, -0.2) is 45.6 Å². The molecule has 160 valence electrons. The van der Waals surface area contributed by atoms with Crippen molar-refractivity contribution in [1.29, 1.82) is 0 Å². The van der Waals surface area contributed by atoms with E-state index in [1.165, 1.54) is 36.1 Å². The largest absolute Gasteiger partial charge is 0.392 e. The van der Waals surface area contributed by atoms with Gasteiger partial charge in [0.15, 0.2) is 0 Å². The Labute approximate surface area is 175 Å². The van der Waals surface area contributed by atoms with Gasteiger partial charge in [-0.25, -0.2) is 0 Å². The minimum absolute atomic E-state index is 0.0360. The van der Waals surface area contributed by atoms with Crippen molar-refractivity contribution in [2.75, 3.05) is 29.9 Å². The second kappa shape index (κ2) is 9.80. The van der Waals surface area contributed by atoms with Gasteiger partial charge in [0.25, 0.3) is 17.1 Å². The Morgan fingerprint density at radius 2 is 1.63 bits per heavy atom. The number of hydrogen-bond donors (Lipinski definition) is 2. The molecule has 0 amide bonds. The van der Waals surface area contributed by atoms with E-state index in [9.17, 15) is 35.4 Å². The third-order valence-corrected chi connectivity index (χ3v) is 4.37. The summed E-state index contributed by atoms with van der Waals surface area (Å²) in [6, 6.07) is 7.19. The molecule has 13 heteroatoms. The van der Waals surface area contributed by atoms with E-state index in [-0.39, 0.29) is 36.0 Å². The fraction of sp³-hybridized carbons (Fsp3) is 0.294. The Balaban J connectivity index is 2.22. The number of non-ortho nitro benzene ring substituents is 2. The molecular weight excluding hydrogens is 422 g/mol. The number of nitro benzene ring substituents is 3. The van der Waals surface area contributed by atoms with Crippen LogP contribution in [0.4, 0.5) is 28.4 Å². The SMILES string of the molecule is CC(O)CN(CCNc1ccc([N+](=O)[O-])cc1Cl)c1ccc([N+](=O)[O-])cc1[N+](=O)[O-]. The van der Waals surface area contributed by atoms with E-state index in [1.54, 1.807) is 0 Å². The molecule has 12 nitrogen and oxygen atoms in total. The molecule has 0 saturated carbocycles. The first-order chi connectivity index (χ1) is 14.1. The van der Waals surface area contributed by atoms with Crippen molar-refractivity contribution >= 4 is 40.0 Å². The van der Waals surface area contributed by atoms with E-state index >= 15 is 0 Å². The fourth-order valence-corrected chi connectivity index (χ4v) is 3.00. The van der Waals surface area contributed by atoms with E-state index in [2.05, 4.69) is 5.32 Å². The van der Waals surface area contributed by atoms with E-state index < -0.39 is 32.2 Å². The number of nitro groups is 3. The highest BCUT2D eigenvalue weighted by Crippen LogP contribution is 2.32. The van der Waals surface area contributed by atoms with Gasteiger partial charge in [0.05, 0.1) is 37.7 Å². The summed E-state index contributed by atoms with van der Waals surface area (Å²) >= 11 is 6.03. The molecule has 30 heavy (non-hydrogen) atoms. The summed E-state index contributed by atoms with van der Waals surface area (Å²) in [7, 11) is 0. The van der Waals surface area contributed by atoms with Gasteiger partial charge < -0.3 is 15.3 Å². The first-order valence-electron chi connectivity index (χ1n) is 8.63. The van der Waals surface area contributed by atoms with Crippen LogP contribution in [0, 0.1) is 30.3 Å². The number of anilines is 2. The average Bonchev–Trinajstić information content (AvgIpc) is 2.67. The molecule has 0 aliphatic heterocycles. The topological polar surface area (TPSA) is 165 Å². The lowest BCUT2D eigenvalue weighted by Gasteiger charge is -2.26. The summed E-state index contributed by atoms with van der Waals surface area (Å²) in [5.74, 6) is 0. The lowest BCUT2D eigenvalue weighted by molar-refractivity contribution is -0.393. The van der Waals surface area contributed by atoms with Crippen LogP contribution in [0.2, 0.25) is 5.02 Å². The summed E-state index contributed by atoms with van der Waals surface area (Å²) in [4.78, 5) is 32.6. The monoisotopic (exact) mass is 439 g/mol. The molecule has 1 unspecified atom stereocenters. The number of hydrogen-bond acceptors (Lipinski definition) is 9. The molecule has 2 rings (SSSR count). The van der Waals surface area contributed by atoms with Gasteiger partial charge in [0.2, 0.25) is 0 Å².